The smallest absolute Gasteiger partial charge is 0.242 e. The number of carbonyl (C=O) groups is 4. The van der Waals surface area contributed by atoms with Crippen molar-refractivity contribution in [3.05, 3.63) is 0 Å². The number of carbonyl (C=O) groups excluding carboxylic acids is 4. The van der Waals surface area contributed by atoms with Crippen molar-refractivity contribution in [2.45, 2.75) is 179 Å². The molecular formula is C36H75N7O4+2. The minimum Gasteiger partial charge on any atom is -0.368 e. The first-order valence-electron chi connectivity index (χ1n) is 19.3. The van der Waals surface area contributed by atoms with Crippen LogP contribution in [0.3, 0.4) is 0 Å². The molecule has 2 atom stereocenters. The summed E-state index contributed by atoms with van der Waals surface area (Å²) in [5.74, 6) is -0.641. The number of quaternary nitrogens is 2. The van der Waals surface area contributed by atoms with Crippen LogP contribution >= 0.6 is 0 Å². The zero-order valence-electron chi connectivity index (χ0n) is 30.1. The van der Waals surface area contributed by atoms with Gasteiger partial charge in [0.15, 0.2) is 0 Å². The Labute approximate surface area is 286 Å². The van der Waals surface area contributed by atoms with Gasteiger partial charge in [0.2, 0.25) is 23.6 Å². The first-order valence-corrected chi connectivity index (χ1v) is 19.3. The van der Waals surface area contributed by atoms with E-state index in [2.05, 4.69) is 27.4 Å². The molecule has 0 saturated heterocycles. The van der Waals surface area contributed by atoms with Crippen molar-refractivity contribution in [1.29, 1.82) is 0 Å². The van der Waals surface area contributed by atoms with E-state index in [-0.39, 0.29) is 17.7 Å². The number of rotatable bonds is 35. The fourth-order valence-electron chi connectivity index (χ4n) is 5.79. The summed E-state index contributed by atoms with van der Waals surface area (Å²) < 4.78 is 0. The Bertz CT molecular complexity index is 784. The fourth-order valence-corrected chi connectivity index (χ4v) is 5.79. The molecule has 0 rings (SSSR count). The van der Waals surface area contributed by atoms with Crippen molar-refractivity contribution in [3.8, 4) is 0 Å². The van der Waals surface area contributed by atoms with Crippen LogP contribution in [-0.2, 0) is 19.2 Å². The van der Waals surface area contributed by atoms with Gasteiger partial charge in [-0.15, -0.1) is 0 Å². The molecule has 0 aliphatic carbocycles. The maximum Gasteiger partial charge on any atom is 0.242 e. The number of hydrogen-bond acceptors (Lipinski definition) is 5. The van der Waals surface area contributed by atoms with Crippen molar-refractivity contribution < 1.29 is 30.6 Å². The Hall–Kier alpha value is -2.24. The number of unbranched alkanes of at least 4 members (excludes halogenated alkanes) is 18. The third-order valence-corrected chi connectivity index (χ3v) is 8.80. The summed E-state index contributed by atoms with van der Waals surface area (Å²) in [7, 11) is 0. The molecule has 0 spiro atoms. The molecule has 2 unspecified atom stereocenters. The minimum atomic E-state index is -0.574. The quantitative estimate of drug-likeness (QED) is 0.0506. The van der Waals surface area contributed by atoms with Crippen molar-refractivity contribution in [2.24, 2.45) is 11.5 Å². The summed E-state index contributed by atoms with van der Waals surface area (Å²) in [6, 6.07) is -1.03. The topological polar surface area (TPSA) is 212 Å². The summed E-state index contributed by atoms with van der Waals surface area (Å²) in [6.45, 7) is 3.08. The number of primary amides is 1. The number of nitrogens with two attached hydrogens (primary N) is 2. The summed E-state index contributed by atoms with van der Waals surface area (Å²) in [4.78, 5) is 49.1. The van der Waals surface area contributed by atoms with Crippen molar-refractivity contribution >= 4 is 23.6 Å². The Morgan fingerprint density at radius 1 is 0.489 bits per heavy atom. The predicted octanol–water partition coefficient (Wildman–Crippen LogP) is 3.14. The van der Waals surface area contributed by atoms with E-state index >= 15 is 0 Å². The highest BCUT2D eigenvalue weighted by atomic mass is 16.2. The molecule has 0 aromatic carbocycles. The van der Waals surface area contributed by atoms with Gasteiger partial charge in [-0.2, -0.15) is 0 Å². The average Bonchev–Trinajstić information content (AvgIpc) is 3.05. The van der Waals surface area contributed by atoms with Gasteiger partial charge in [0, 0.05) is 19.4 Å². The largest absolute Gasteiger partial charge is 0.368 e. The van der Waals surface area contributed by atoms with Gasteiger partial charge in [0.05, 0.1) is 13.1 Å². The minimum absolute atomic E-state index is 0.0162. The van der Waals surface area contributed by atoms with Crippen LogP contribution in [0.4, 0.5) is 0 Å². The molecule has 11 nitrogen and oxygen atoms in total. The maximum atomic E-state index is 12.9. The lowest BCUT2D eigenvalue weighted by Gasteiger charge is -2.18. The molecule has 11 heteroatoms. The molecule has 0 aliphatic heterocycles. The lowest BCUT2D eigenvalue weighted by molar-refractivity contribution is -0.368. The number of hydrogen-bond donors (Lipinski definition) is 7. The standard InChI is InChI=1S/C36H73N7O4/c37-27-19-13-9-5-1-3-7-12-16-26-34(45)43-32(24-18-21-29-39)36(47)41-30-22-14-10-6-2-4-8-11-15-25-33(44)42-31(35(40)46)23-17-20-28-38/h31-32H,1-30,37-39H2,(H2,40,46)(H,41,47)(H,42,44)(H,43,45)/p+2. The van der Waals surface area contributed by atoms with Gasteiger partial charge in [0.25, 0.3) is 0 Å². The third kappa shape index (κ3) is 29.6. The van der Waals surface area contributed by atoms with E-state index in [1.807, 2.05) is 0 Å². The van der Waals surface area contributed by atoms with Crippen LogP contribution < -0.4 is 38.9 Å². The first-order chi connectivity index (χ1) is 22.8. The third-order valence-electron chi connectivity index (χ3n) is 8.80. The van der Waals surface area contributed by atoms with E-state index in [9.17, 15) is 19.2 Å². The molecule has 276 valence electrons. The summed E-state index contributed by atoms with van der Waals surface area (Å²) in [6.07, 6.45) is 25.8. The van der Waals surface area contributed by atoms with Gasteiger partial charge < -0.3 is 38.9 Å². The average molecular weight is 670 g/mol. The van der Waals surface area contributed by atoms with E-state index in [0.29, 0.717) is 32.2 Å². The van der Waals surface area contributed by atoms with E-state index in [1.165, 1.54) is 44.9 Å². The van der Waals surface area contributed by atoms with Gasteiger partial charge in [-0.3, -0.25) is 19.2 Å². The molecular weight excluding hydrogens is 594 g/mol. The Kier molecular flexibility index (Phi) is 32.0. The summed E-state index contributed by atoms with van der Waals surface area (Å²) in [5, 5.41) is 8.83. The predicted molar refractivity (Wildman–Crippen MR) is 191 cm³/mol. The summed E-state index contributed by atoms with van der Waals surface area (Å²) in [5.41, 5.74) is 18.7. The SMILES string of the molecule is NCCCCCCCCCCCC(=O)NC(CCCC[NH3+])C(=O)NCCCCCCCCCCCC(=O)NC(CCCC[NH3+])C(N)=O. The second-order valence-electron chi connectivity index (χ2n) is 13.3. The molecule has 4 amide bonds. The highest BCUT2D eigenvalue weighted by molar-refractivity contribution is 5.87. The van der Waals surface area contributed by atoms with Crippen LogP contribution in [0.25, 0.3) is 0 Å². The lowest BCUT2D eigenvalue weighted by atomic mass is 10.1. The number of amides is 4. The van der Waals surface area contributed by atoms with Gasteiger partial charge in [-0.25, -0.2) is 0 Å². The molecule has 13 N–H and O–H groups in total. The van der Waals surface area contributed by atoms with Gasteiger partial charge in [0.1, 0.15) is 12.1 Å². The van der Waals surface area contributed by atoms with Crippen LogP contribution in [-0.4, -0.2) is 61.9 Å². The first kappa shape index (κ1) is 44.8. The molecule has 0 radical (unpaired) electrons. The summed E-state index contributed by atoms with van der Waals surface area (Å²) >= 11 is 0. The molecule has 0 saturated carbocycles. The monoisotopic (exact) mass is 670 g/mol. The van der Waals surface area contributed by atoms with Crippen molar-refractivity contribution in [3.63, 3.8) is 0 Å². The normalized spacial score (nSPS) is 12.4. The van der Waals surface area contributed by atoms with Crippen molar-refractivity contribution in [2.75, 3.05) is 26.2 Å². The molecule has 0 heterocycles. The fraction of sp³-hybridized carbons (Fsp3) is 0.889. The Balaban J connectivity index is 3.95. The Morgan fingerprint density at radius 2 is 0.872 bits per heavy atom. The molecule has 47 heavy (non-hydrogen) atoms. The van der Waals surface area contributed by atoms with E-state index < -0.39 is 18.0 Å². The second-order valence-corrected chi connectivity index (χ2v) is 13.3. The van der Waals surface area contributed by atoms with E-state index in [1.54, 1.807) is 0 Å². The molecule has 0 fully saturated rings. The van der Waals surface area contributed by atoms with Crippen LogP contribution in [0.2, 0.25) is 0 Å². The van der Waals surface area contributed by atoms with E-state index in [0.717, 1.165) is 116 Å². The van der Waals surface area contributed by atoms with Crippen LogP contribution in [0, 0.1) is 0 Å². The maximum absolute atomic E-state index is 12.9. The molecule has 0 aromatic rings. The highest BCUT2D eigenvalue weighted by Crippen LogP contribution is 2.12. The highest BCUT2D eigenvalue weighted by Gasteiger charge is 2.20. The molecule has 0 aliphatic rings. The van der Waals surface area contributed by atoms with Gasteiger partial charge >= 0.3 is 0 Å². The van der Waals surface area contributed by atoms with Crippen LogP contribution in [0.15, 0.2) is 0 Å². The Morgan fingerprint density at radius 3 is 1.30 bits per heavy atom. The van der Waals surface area contributed by atoms with Gasteiger partial charge in [-0.1, -0.05) is 89.9 Å². The van der Waals surface area contributed by atoms with Gasteiger partial charge in [-0.05, 0) is 70.8 Å². The van der Waals surface area contributed by atoms with Crippen LogP contribution in [0.1, 0.15) is 167 Å². The zero-order valence-corrected chi connectivity index (χ0v) is 30.1. The molecule has 0 aromatic heterocycles. The molecule has 0 bridgehead atoms. The van der Waals surface area contributed by atoms with E-state index in [4.69, 9.17) is 11.5 Å². The van der Waals surface area contributed by atoms with Crippen LogP contribution in [0.5, 0.6) is 0 Å². The lowest BCUT2D eigenvalue weighted by Crippen LogP contribution is -2.50. The second kappa shape index (κ2) is 33.7. The van der Waals surface area contributed by atoms with Crippen molar-refractivity contribution in [1.82, 2.24) is 16.0 Å². The number of nitrogens with one attached hydrogen (secondary N) is 3. The zero-order chi connectivity index (χ0) is 34.8.